The maximum absolute atomic E-state index is 13.9. The molecule has 31 heavy (non-hydrogen) atoms. The summed E-state index contributed by atoms with van der Waals surface area (Å²) in [5.74, 6) is -1.02. The molecular weight excluding hydrogens is 461 g/mol. The minimum absolute atomic E-state index is 0.0158. The number of amides is 1. The molecule has 0 unspecified atom stereocenters. The van der Waals surface area contributed by atoms with E-state index in [0.29, 0.717) is 23.7 Å². The summed E-state index contributed by atoms with van der Waals surface area (Å²) in [6, 6.07) is 4.06. The monoisotopic (exact) mass is 481 g/mol. The van der Waals surface area contributed by atoms with E-state index in [1.807, 2.05) is 0 Å². The fraction of sp³-hybridized carbons (Fsp3) is 0.381. The number of nitrogens with one attached hydrogen (secondary N) is 1. The molecule has 10 heteroatoms. The molecule has 1 aromatic carbocycles. The van der Waals surface area contributed by atoms with Crippen LogP contribution in [0.2, 0.25) is 5.02 Å². The van der Waals surface area contributed by atoms with Gasteiger partial charge in [0.25, 0.3) is 5.56 Å². The Morgan fingerprint density at radius 3 is 2.97 bits per heavy atom. The van der Waals surface area contributed by atoms with Crippen LogP contribution in [-0.4, -0.2) is 34.9 Å². The van der Waals surface area contributed by atoms with Crippen LogP contribution < -0.4 is 10.9 Å². The molecule has 0 saturated carbocycles. The third kappa shape index (κ3) is 4.79. The van der Waals surface area contributed by atoms with Crippen LogP contribution in [0.3, 0.4) is 0 Å². The number of methoxy groups -OCH3 is 1. The summed E-state index contributed by atoms with van der Waals surface area (Å²) in [5, 5.41) is 3.94. The molecule has 4 rings (SSSR count). The maximum Gasteiger partial charge on any atom is 0.263 e. The number of benzene rings is 1. The second-order valence-electron chi connectivity index (χ2n) is 7.20. The molecule has 164 valence electrons. The van der Waals surface area contributed by atoms with Crippen LogP contribution in [0.15, 0.2) is 28.2 Å². The van der Waals surface area contributed by atoms with Gasteiger partial charge in [-0.05, 0) is 49.4 Å². The van der Waals surface area contributed by atoms with Crippen LogP contribution in [0, 0.1) is 5.82 Å². The first-order valence-corrected chi connectivity index (χ1v) is 12.1. The number of carbonyl (C=O) groups is 1. The largest absolute Gasteiger partial charge is 0.383 e. The van der Waals surface area contributed by atoms with E-state index in [9.17, 15) is 14.0 Å². The number of aryl methyl sites for hydroxylation is 2. The van der Waals surface area contributed by atoms with E-state index in [1.165, 1.54) is 17.0 Å². The van der Waals surface area contributed by atoms with E-state index in [-0.39, 0.29) is 22.0 Å². The van der Waals surface area contributed by atoms with Crippen LogP contribution in [0.4, 0.5) is 10.1 Å². The van der Waals surface area contributed by atoms with Gasteiger partial charge in [0, 0.05) is 17.0 Å². The zero-order chi connectivity index (χ0) is 22.0. The molecule has 0 aliphatic heterocycles. The minimum atomic E-state index is -0.605. The van der Waals surface area contributed by atoms with Crippen molar-refractivity contribution in [2.75, 3.05) is 24.8 Å². The van der Waals surface area contributed by atoms with Gasteiger partial charge in [-0.1, -0.05) is 23.4 Å². The molecule has 0 fully saturated rings. The highest BCUT2D eigenvalue weighted by Crippen LogP contribution is 2.34. The fourth-order valence-corrected chi connectivity index (χ4v) is 5.90. The van der Waals surface area contributed by atoms with Crippen molar-refractivity contribution in [2.45, 2.75) is 37.4 Å². The average molecular weight is 482 g/mol. The number of ether oxygens (including phenoxy) is 1. The van der Waals surface area contributed by atoms with Gasteiger partial charge < -0.3 is 10.1 Å². The molecule has 6 nitrogen and oxygen atoms in total. The molecule has 1 N–H and O–H groups in total. The van der Waals surface area contributed by atoms with Gasteiger partial charge in [-0.3, -0.25) is 14.2 Å². The SMILES string of the molecule is COCCn1c(SCC(=O)Nc2ccc(Cl)cc2F)nc2sc3c(c2c1=O)CCCC3. The molecule has 0 radical (unpaired) electrons. The molecule has 0 bridgehead atoms. The number of nitrogens with zero attached hydrogens (tertiary/aromatic N) is 2. The van der Waals surface area contributed by atoms with Gasteiger partial charge in [0.05, 0.1) is 30.0 Å². The van der Waals surface area contributed by atoms with Gasteiger partial charge in [0.15, 0.2) is 5.16 Å². The summed E-state index contributed by atoms with van der Waals surface area (Å²) in [4.78, 5) is 32.4. The number of rotatable bonds is 7. The van der Waals surface area contributed by atoms with E-state index < -0.39 is 11.7 Å². The van der Waals surface area contributed by atoms with E-state index >= 15 is 0 Å². The van der Waals surface area contributed by atoms with Crippen molar-refractivity contribution in [3.63, 3.8) is 0 Å². The number of carbonyl (C=O) groups excluding carboxylic acids is 1. The lowest BCUT2D eigenvalue weighted by atomic mass is 9.97. The average Bonchev–Trinajstić information content (AvgIpc) is 3.12. The van der Waals surface area contributed by atoms with Gasteiger partial charge in [0.1, 0.15) is 10.6 Å². The lowest BCUT2D eigenvalue weighted by Gasteiger charge is -2.13. The zero-order valence-electron chi connectivity index (χ0n) is 16.9. The normalized spacial score (nSPS) is 13.4. The topological polar surface area (TPSA) is 73.2 Å². The summed E-state index contributed by atoms with van der Waals surface area (Å²) in [6.45, 7) is 0.702. The molecular formula is C21H21ClFN3O3S2. The number of halogens is 2. The Balaban J connectivity index is 1.59. The molecule has 2 heterocycles. The van der Waals surface area contributed by atoms with Crippen LogP contribution in [0.1, 0.15) is 23.3 Å². The number of fused-ring (bicyclic) bond motifs is 3. The maximum atomic E-state index is 13.9. The Morgan fingerprint density at radius 2 is 2.19 bits per heavy atom. The summed E-state index contributed by atoms with van der Waals surface area (Å²) in [5.41, 5.74) is 1.09. The molecule has 2 aromatic heterocycles. The van der Waals surface area contributed by atoms with Gasteiger partial charge >= 0.3 is 0 Å². The Morgan fingerprint density at radius 1 is 1.39 bits per heavy atom. The summed E-state index contributed by atoms with van der Waals surface area (Å²) in [6.07, 6.45) is 4.08. The van der Waals surface area contributed by atoms with Crippen molar-refractivity contribution in [1.82, 2.24) is 9.55 Å². The molecule has 1 aliphatic carbocycles. The number of anilines is 1. The van der Waals surface area contributed by atoms with Gasteiger partial charge in [-0.15, -0.1) is 11.3 Å². The van der Waals surface area contributed by atoms with Crippen LogP contribution >= 0.6 is 34.7 Å². The Bertz CT molecular complexity index is 1190. The second kappa shape index (κ2) is 9.68. The predicted molar refractivity (Wildman–Crippen MR) is 123 cm³/mol. The molecule has 0 saturated heterocycles. The first-order chi connectivity index (χ1) is 15.0. The van der Waals surface area contributed by atoms with E-state index in [4.69, 9.17) is 21.3 Å². The van der Waals surface area contributed by atoms with Gasteiger partial charge in [-0.25, -0.2) is 9.37 Å². The van der Waals surface area contributed by atoms with Crippen LogP contribution in [-0.2, 0) is 28.9 Å². The van der Waals surface area contributed by atoms with Crippen molar-refractivity contribution < 1.29 is 13.9 Å². The molecule has 0 spiro atoms. The van der Waals surface area contributed by atoms with Crippen molar-refractivity contribution in [1.29, 1.82) is 0 Å². The highest BCUT2D eigenvalue weighted by molar-refractivity contribution is 7.99. The smallest absolute Gasteiger partial charge is 0.263 e. The predicted octanol–water partition coefficient (Wildman–Crippen LogP) is 4.51. The Labute approximate surface area is 191 Å². The summed E-state index contributed by atoms with van der Waals surface area (Å²) < 4.78 is 20.7. The number of thiophene rings is 1. The Kier molecular flexibility index (Phi) is 6.95. The second-order valence-corrected chi connectivity index (χ2v) is 9.66. The fourth-order valence-electron chi connectivity index (χ4n) is 3.62. The minimum Gasteiger partial charge on any atom is -0.383 e. The van der Waals surface area contributed by atoms with E-state index in [1.54, 1.807) is 23.0 Å². The lowest BCUT2D eigenvalue weighted by molar-refractivity contribution is -0.113. The van der Waals surface area contributed by atoms with E-state index in [0.717, 1.165) is 53.9 Å². The van der Waals surface area contributed by atoms with Crippen LogP contribution in [0.25, 0.3) is 10.2 Å². The highest BCUT2D eigenvalue weighted by atomic mass is 35.5. The van der Waals surface area contributed by atoms with Crippen LogP contribution in [0.5, 0.6) is 0 Å². The van der Waals surface area contributed by atoms with Crippen molar-refractivity contribution in [3.05, 3.63) is 49.8 Å². The summed E-state index contributed by atoms with van der Waals surface area (Å²) in [7, 11) is 1.57. The molecule has 1 amide bonds. The lowest BCUT2D eigenvalue weighted by Crippen LogP contribution is -2.26. The number of aromatic nitrogens is 2. The number of thioether (sulfide) groups is 1. The van der Waals surface area contributed by atoms with E-state index in [2.05, 4.69) is 5.32 Å². The third-order valence-corrected chi connectivity index (χ3v) is 7.49. The highest BCUT2D eigenvalue weighted by Gasteiger charge is 2.22. The molecule has 3 aromatic rings. The number of hydrogen-bond donors (Lipinski definition) is 1. The zero-order valence-corrected chi connectivity index (χ0v) is 19.3. The van der Waals surface area contributed by atoms with Gasteiger partial charge in [-0.2, -0.15) is 0 Å². The van der Waals surface area contributed by atoms with Crippen molar-refractivity contribution in [3.8, 4) is 0 Å². The van der Waals surface area contributed by atoms with Gasteiger partial charge in [0.2, 0.25) is 5.91 Å². The molecule has 1 aliphatic rings. The first kappa shape index (κ1) is 22.3. The summed E-state index contributed by atoms with van der Waals surface area (Å²) >= 11 is 8.47. The van der Waals surface area contributed by atoms with Crippen molar-refractivity contribution >= 4 is 56.5 Å². The Hall–Kier alpha value is -1.94. The van der Waals surface area contributed by atoms with Crippen molar-refractivity contribution in [2.24, 2.45) is 0 Å². The standard InChI is InChI=1S/C21H21ClFN3O3S2/c1-29-9-8-26-20(28)18-13-4-2-3-5-16(13)31-19(18)25-21(26)30-11-17(27)24-15-7-6-12(22)10-14(15)23/h6-7,10H,2-5,8-9,11H2,1H3,(H,24,27). The third-order valence-electron chi connectivity index (χ3n) is 5.10. The number of hydrogen-bond acceptors (Lipinski definition) is 6. The molecule has 0 atom stereocenters. The first-order valence-electron chi connectivity index (χ1n) is 9.89. The quantitative estimate of drug-likeness (QED) is 0.397.